The molecule has 3 rings (SSSR count). The van der Waals surface area contributed by atoms with Gasteiger partial charge in [0.25, 0.3) is 0 Å². The molecule has 1 aromatic heterocycles. The summed E-state index contributed by atoms with van der Waals surface area (Å²) in [6.45, 7) is 1.56. The number of aliphatic imine (C=N–C) groups is 1. The molecule has 1 heterocycles. The van der Waals surface area contributed by atoms with Crippen LogP contribution < -0.4 is 0 Å². The van der Waals surface area contributed by atoms with E-state index in [2.05, 4.69) is 9.56 Å². The average Bonchev–Trinajstić information content (AvgIpc) is 3.02. The Balaban J connectivity index is 1.90. The zero-order valence-electron chi connectivity index (χ0n) is 12.3. The topological polar surface area (TPSA) is 34.4 Å². The molecule has 0 spiro atoms. The second kappa shape index (κ2) is 6.22. The Morgan fingerprint density at radius 1 is 1.00 bits per heavy atom. The number of ketones is 1. The van der Waals surface area contributed by atoms with E-state index in [9.17, 15) is 4.79 Å². The minimum atomic E-state index is 0.0460. The van der Waals surface area contributed by atoms with Crippen LogP contribution in [-0.2, 0) is 0 Å². The van der Waals surface area contributed by atoms with Gasteiger partial charge in [-0.25, -0.2) is 0 Å². The summed E-state index contributed by atoms with van der Waals surface area (Å²) in [5, 5.41) is 0. The maximum absolute atomic E-state index is 11.4. The molecule has 0 saturated heterocycles. The van der Waals surface area contributed by atoms with Crippen molar-refractivity contribution in [3.63, 3.8) is 0 Å². The quantitative estimate of drug-likeness (QED) is 0.516. The van der Waals surface area contributed by atoms with Crippen molar-refractivity contribution in [2.75, 3.05) is 0 Å². The zero-order chi connectivity index (χ0) is 15.4. The summed E-state index contributed by atoms with van der Waals surface area (Å²) < 4.78 is 2.07. The van der Waals surface area contributed by atoms with Gasteiger partial charge in [-0.1, -0.05) is 30.3 Å². The van der Waals surface area contributed by atoms with Crippen molar-refractivity contribution in [3.05, 3.63) is 84.2 Å². The summed E-state index contributed by atoms with van der Waals surface area (Å²) in [5.41, 5.74) is 3.52. The first kappa shape index (κ1) is 14.0. The molecule has 22 heavy (non-hydrogen) atoms. The highest BCUT2D eigenvalue weighted by Crippen LogP contribution is 2.16. The molecule has 0 fully saturated rings. The van der Waals surface area contributed by atoms with Crippen LogP contribution in [0, 0.1) is 0 Å². The third kappa shape index (κ3) is 3.04. The van der Waals surface area contributed by atoms with E-state index in [4.69, 9.17) is 0 Å². The molecule has 3 heteroatoms. The molecule has 0 N–H and O–H groups in total. The van der Waals surface area contributed by atoms with Crippen molar-refractivity contribution in [1.82, 2.24) is 4.57 Å². The van der Waals surface area contributed by atoms with E-state index in [1.165, 1.54) is 0 Å². The van der Waals surface area contributed by atoms with Crippen molar-refractivity contribution in [1.29, 1.82) is 0 Å². The second-order valence-electron chi connectivity index (χ2n) is 5.00. The Morgan fingerprint density at radius 2 is 1.82 bits per heavy atom. The van der Waals surface area contributed by atoms with E-state index in [1.807, 2.05) is 67.0 Å². The Bertz CT molecular complexity index is 816. The van der Waals surface area contributed by atoms with Gasteiger partial charge < -0.3 is 4.57 Å². The number of carbonyl (C=O) groups excluding carboxylic acids is 1. The monoisotopic (exact) mass is 288 g/mol. The predicted octanol–water partition coefficient (Wildman–Crippen LogP) is 4.43. The Hall–Kier alpha value is -2.94. The van der Waals surface area contributed by atoms with Gasteiger partial charge in [0.2, 0.25) is 0 Å². The van der Waals surface area contributed by atoms with E-state index in [-0.39, 0.29) is 5.78 Å². The smallest absolute Gasteiger partial charge is 0.159 e. The molecule has 0 bridgehead atoms. The molecule has 0 radical (unpaired) electrons. The largest absolute Gasteiger partial charge is 0.316 e. The van der Waals surface area contributed by atoms with Crippen LogP contribution in [0.25, 0.3) is 5.69 Å². The molecular weight excluding hydrogens is 272 g/mol. The van der Waals surface area contributed by atoms with Crippen LogP contribution in [0.5, 0.6) is 0 Å². The van der Waals surface area contributed by atoms with Crippen molar-refractivity contribution >= 4 is 17.7 Å². The lowest BCUT2D eigenvalue weighted by molar-refractivity contribution is 0.101. The van der Waals surface area contributed by atoms with Crippen molar-refractivity contribution in [2.24, 2.45) is 4.99 Å². The fraction of sp³-hybridized carbons (Fsp3) is 0.0526. The first-order chi connectivity index (χ1) is 10.7. The van der Waals surface area contributed by atoms with Gasteiger partial charge in [-0.05, 0) is 43.3 Å². The number of aromatic nitrogens is 1. The number of hydrogen-bond donors (Lipinski definition) is 0. The summed E-state index contributed by atoms with van der Waals surface area (Å²) in [7, 11) is 0. The van der Waals surface area contributed by atoms with Gasteiger partial charge in [-0.2, -0.15) is 0 Å². The Kier molecular flexibility index (Phi) is 3.97. The third-order valence-electron chi connectivity index (χ3n) is 3.41. The summed E-state index contributed by atoms with van der Waals surface area (Å²) >= 11 is 0. The molecule has 2 aromatic carbocycles. The van der Waals surface area contributed by atoms with Gasteiger partial charge in [0.15, 0.2) is 5.78 Å². The molecule has 108 valence electrons. The average molecular weight is 288 g/mol. The van der Waals surface area contributed by atoms with Gasteiger partial charge in [-0.15, -0.1) is 0 Å². The van der Waals surface area contributed by atoms with Crippen molar-refractivity contribution < 1.29 is 4.79 Å². The lowest BCUT2D eigenvalue weighted by atomic mass is 10.1. The highest BCUT2D eigenvalue weighted by Gasteiger charge is 2.01. The maximum Gasteiger partial charge on any atom is 0.159 e. The molecular formula is C19H16N2O. The number of nitrogens with zero attached hydrogens (tertiary/aromatic N) is 2. The highest BCUT2D eigenvalue weighted by atomic mass is 16.1. The van der Waals surface area contributed by atoms with Crippen LogP contribution in [-0.4, -0.2) is 16.6 Å². The van der Waals surface area contributed by atoms with E-state index >= 15 is 0 Å². The van der Waals surface area contributed by atoms with Gasteiger partial charge in [0, 0.05) is 17.4 Å². The minimum absolute atomic E-state index is 0.0460. The van der Waals surface area contributed by atoms with Crippen LogP contribution >= 0.6 is 0 Å². The van der Waals surface area contributed by atoms with Crippen molar-refractivity contribution in [2.45, 2.75) is 6.92 Å². The van der Waals surface area contributed by atoms with Crippen LogP contribution in [0.1, 0.15) is 23.0 Å². The molecule has 0 aliphatic rings. The fourth-order valence-corrected chi connectivity index (χ4v) is 2.27. The number of carbonyl (C=O) groups is 1. The first-order valence-electron chi connectivity index (χ1n) is 7.12. The number of hydrogen-bond acceptors (Lipinski definition) is 2. The zero-order valence-corrected chi connectivity index (χ0v) is 12.3. The Labute approximate surface area is 129 Å². The van der Waals surface area contributed by atoms with E-state index in [0.717, 1.165) is 17.1 Å². The lowest BCUT2D eigenvalue weighted by Crippen LogP contribution is -1.97. The van der Waals surface area contributed by atoms with E-state index < -0.39 is 0 Å². The number of benzene rings is 2. The molecule has 0 amide bonds. The molecule has 0 unspecified atom stereocenters. The van der Waals surface area contributed by atoms with Gasteiger partial charge in [0.1, 0.15) is 0 Å². The first-order valence-corrected chi connectivity index (χ1v) is 7.12. The third-order valence-corrected chi connectivity index (χ3v) is 3.41. The lowest BCUT2D eigenvalue weighted by Gasteiger charge is -2.05. The number of para-hydroxylation sites is 1. The van der Waals surface area contributed by atoms with Crippen LogP contribution in [0.3, 0.4) is 0 Å². The Morgan fingerprint density at radius 3 is 2.59 bits per heavy atom. The fourth-order valence-electron chi connectivity index (χ4n) is 2.27. The van der Waals surface area contributed by atoms with Crippen LogP contribution in [0.2, 0.25) is 0 Å². The SMILES string of the molecule is CC(=O)c1cccc(N=Cc2cccn2-c2ccccc2)c1. The summed E-state index contributed by atoms with van der Waals surface area (Å²) in [6, 6.07) is 21.4. The van der Waals surface area contributed by atoms with Gasteiger partial charge in [-0.3, -0.25) is 9.79 Å². The maximum atomic E-state index is 11.4. The highest BCUT2D eigenvalue weighted by molar-refractivity contribution is 5.95. The molecule has 3 nitrogen and oxygen atoms in total. The standard InChI is InChI=1S/C19H16N2O/c1-15(22)16-7-5-8-17(13-16)20-14-19-11-6-12-21(19)18-9-3-2-4-10-18/h2-14H,1H3. The van der Waals surface area contributed by atoms with Crippen molar-refractivity contribution in [3.8, 4) is 5.69 Å². The summed E-state index contributed by atoms with van der Waals surface area (Å²) in [6.07, 6.45) is 3.81. The van der Waals surface area contributed by atoms with E-state index in [1.54, 1.807) is 19.1 Å². The molecule has 0 aliphatic heterocycles. The normalized spacial score (nSPS) is 11.0. The predicted molar refractivity (Wildman–Crippen MR) is 89.5 cm³/mol. The molecule has 3 aromatic rings. The molecule has 0 saturated carbocycles. The van der Waals surface area contributed by atoms with E-state index in [0.29, 0.717) is 5.56 Å². The van der Waals surface area contributed by atoms with Crippen LogP contribution in [0.4, 0.5) is 5.69 Å². The number of Topliss-reactive ketones (excluding diaryl/α,β-unsaturated/α-hetero) is 1. The molecule has 0 atom stereocenters. The summed E-state index contributed by atoms with van der Waals surface area (Å²) in [4.78, 5) is 15.9. The molecule has 0 aliphatic carbocycles. The van der Waals surface area contributed by atoms with Crippen LogP contribution in [0.15, 0.2) is 77.9 Å². The van der Waals surface area contributed by atoms with Gasteiger partial charge >= 0.3 is 0 Å². The minimum Gasteiger partial charge on any atom is -0.316 e. The van der Waals surface area contributed by atoms with Gasteiger partial charge in [0.05, 0.1) is 17.6 Å². The number of rotatable bonds is 4. The second-order valence-corrected chi connectivity index (χ2v) is 5.00. The summed E-state index contributed by atoms with van der Waals surface area (Å²) in [5.74, 6) is 0.0460.